The Morgan fingerprint density at radius 3 is 1.57 bits per heavy atom. The SMILES string of the molecule is COc1ccc(C(=O)/C(=C/C(F)(F)C(F)(F)C(F)(F)C(F)(F)F)c2ccc(C(C)(C)C)cc2)cc1. The zero-order chi connectivity index (χ0) is 27.0. The lowest BCUT2D eigenvalue weighted by atomic mass is 9.85. The molecule has 2 aromatic carbocycles. The second kappa shape index (κ2) is 9.23. The maximum absolute atomic E-state index is 14.4. The van der Waals surface area contributed by atoms with E-state index in [2.05, 4.69) is 0 Å². The predicted molar refractivity (Wildman–Crippen MR) is 111 cm³/mol. The molecule has 192 valence electrons. The topological polar surface area (TPSA) is 26.3 Å². The van der Waals surface area contributed by atoms with Gasteiger partial charge in [-0.1, -0.05) is 45.0 Å². The van der Waals surface area contributed by atoms with Crippen LogP contribution in [0.15, 0.2) is 54.6 Å². The summed E-state index contributed by atoms with van der Waals surface area (Å²) in [6.07, 6.45) is -7.81. The van der Waals surface area contributed by atoms with Gasteiger partial charge in [0.2, 0.25) is 0 Å². The Balaban J connectivity index is 2.71. The first-order valence-electron chi connectivity index (χ1n) is 9.99. The van der Waals surface area contributed by atoms with Crippen LogP contribution >= 0.6 is 0 Å². The minimum Gasteiger partial charge on any atom is -0.497 e. The van der Waals surface area contributed by atoms with Crippen LogP contribution in [0.2, 0.25) is 0 Å². The summed E-state index contributed by atoms with van der Waals surface area (Å²) in [6.45, 7) is 5.40. The zero-order valence-electron chi connectivity index (χ0n) is 18.9. The molecule has 2 aromatic rings. The Hall–Kier alpha value is -2.98. The van der Waals surface area contributed by atoms with E-state index >= 15 is 0 Å². The average Bonchev–Trinajstić information content (AvgIpc) is 2.75. The molecule has 0 aromatic heterocycles. The Kier molecular flexibility index (Phi) is 7.46. The highest BCUT2D eigenvalue weighted by Gasteiger charge is 2.81. The number of allylic oxidation sites excluding steroid dienone is 2. The Morgan fingerprint density at radius 1 is 0.714 bits per heavy atom. The van der Waals surface area contributed by atoms with Crippen LogP contribution in [-0.2, 0) is 5.41 Å². The van der Waals surface area contributed by atoms with Crippen molar-refractivity contribution in [2.45, 2.75) is 50.1 Å². The Morgan fingerprint density at radius 2 is 1.17 bits per heavy atom. The second-order valence-corrected chi connectivity index (χ2v) is 8.71. The third-order valence-electron chi connectivity index (χ3n) is 5.15. The van der Waals surface area contributed by atoms with Crippen LogP contribution in [0.1, 0.15) is 42.3 Å². The maximum Gasteiger partial charge on any atom is 0.460 e. The summed E-state index contributed by atoms with van der Waals surface area (Å²) in [4.78, 5) is 13.0. The Labute approximate surface area is 195 Å². The number of hydrogen-bond acceptors (Lipinski definition) is 2. The van der Waals surface area contributed by atoms with Crippen LogP contribution in [0.3, 0.4) is 0 Å². The van der Waals surface area contributed by atoms with E-state index in [0.29, 0.717) is 5.56 Å². The van der Waals surface area contributed by atoms with Gasteiger partial charge in [-0.2, -0.15) is 39.5 Å². The number of Topliss-reactive ketones (excluding diaryl/α,β-unsaturated/α-hetero) is 1. The van der Waals surface area contributed by atoms with Crippen LogP contribution in [-0.4, -0.2) is 36.8 Å². The number of ether oxygens (including phenoxy) is 1. The lowest BCUT2D eigenvalue weighted by Crippen LogP contribution is -2.60. The molecule has 0 saturated carbocycles. The number of methoxy groups -OCH3 is 1. The first-order valence-corrected chi connectivity index (χ1v) is 9.99. The summed E-state index contributed by atoms with van der Waals surface area (Å²) in [7, 11) is 1.29. The van der Waals surface area contributed by atoms with Crippen LogP contribution in [0.4, 0.5) is 39.5 Å². The zero-order valence-corrected chi connectivity index (χ0v) is 18.9. The summed E-state index contributed by atoms with van der Waals surface area (Å²) in [5.41, 5.74) is -1.67. The van der Waals surface area contributed by atoms with Crippen molar-refractivity contribution in [3.63, 3.8) is 0 Å². The van der Waals surface area contributed by atoms with Crippen molar-refractivity contribution in [1.29, 1.82) is 0 Å². The number of hydrogen-bond donors (Lipinski definition) is 0. The molecule has 0 aliphatic rings. The summed E-state index contributed by atoms with van der Waals surface area (Å²) in [5.74, 6) is -21.1. The van der Waals surface area contributed by atoms with Gasteiger partial charge in [-0.25, -0.2) is 0 Å². The van der Waals surface area contributed by atoms with E-state index in [1.807, 2.05) is 0 Å². The molecule has 0 radical (unpaired) electrons. The van der Waals surface area contributed by atoms with Crippen molar-refractivity contribution >= 4 is 11.4 Å². The van der Waals surface area contributed by atoms with Crippen LogP contribution in [0, 0.1) is 0 Å². The number of benzene rings is 2. The third-order valence-corrected chi connectivity index (χ3v) is 5.15. The molecule has 0 N–H and O–H groups in total. The normalized spacial score (nSPS) is 14.1. The van der Waals surface area contributed by atoms with Gasteiger partial charge in [0.25, 0.3) is 0 Å². The monoisotopic (exact) mass is 512 g/mol. The van der Waals surface area contributed by atoms with E-state index in [0.717, 1.165) is 24.3 Å². The van der Waals surface area contributed by atoms with Crippen LogP contribution < -0.4 is 4.74 Å². The standard InChI is InChI=1S/C24H21F9O2/c1-20(2,3)16-9-5-14(6-10-16)18(19(34)15-7-11-17(35-4)12-8-15)13-21(25,26)22(27,28)23(29,30)24(31,32)33/h5-13H,1-4H3/b18-13+. The molecule has 0 heterocycles. The van der Waals surface area contributed by atoms with Gasteiger partial charge < -0.3 is 4.74 Å². The quantitative estimate of drug-likeness (QED) is 0.216. The van der Waals surface area contributed by atoms with Crippen molar-refractivity contribution in [2.75, 3.05) is 7.11 Å². The van der Waals surface area contributed by atoms with E-state index in [9.17, 15) is 44.3 Å². The number of carbonyl (C=O) groups excluding carboxylic acids is 1. The third kappa shape index (κ3) is 5.48. The molecular formula is C24H21F9O2. The van der Waals surface area contributed by atoms with E-state index < -0.39 is 46.8 Å². The summed E-state index contributed by atoms with van der Waals surface area (Å²) in [5, 5.41) is 0. The molecule has 0 atom stereocenters. The number of halogens is 9. The minimum absolute atomic E-state index is 0.253. The predicted octanol–water partition coefficient (Wildman–Crippen LogP) is 7.73. The lowest BCUT2D eigenvalue weighted by molar-refractivity contribution is -0.388. The van der Waals surface area contributed by atoms with E-state index in [1.165, 1.54) is 31.4 Å². The highest BCUT2D eigenvalue weighted by Crippen LogP contribution is 2.54. The number of alkyl halides is 9. The molecule has 2 rings (SSSR count). The molecule has 35 heavy (non-hydrogen) atoms. The second-order valence-electron chi connectivity index (χ2n) is 8.71. The molecule has 2 nitrogen and oxygen atoms in total. The largest absolute Gasteiger partial charge is 0.497 e. The molecule has 0 saturated heterocycles. The highest BCUT2D eigenvalue weighted by molar-refractivity contribution is 6.29. The Bertz CT molecular complexity index is 1080. The molecule has 0 amide bonds. The maximum atomic E-state index is 14.4. The fourth-order valence-electron chi connectivity index (χ4n) is 2.99. The van der Waals surface area contributed by atoms with Gasteiger partial charge in [0.1, 0.15) is 5.75 Å². The first-order chi connectivity index (χ1) is 15.8. The summed E-state index contributed by atoms with van der Waals surface area (Å²) < 4.78 is 126. The number of rotatable bonds is 7. The lowest BCUT2D eigenvalue weighted by Gasteiger charge is -2.32. The number of ketones is 1. The summed E-state index contributed by atoms with van der Waals surface area (Å²) in [6, 6.07) is 9.71. The molecular weight excluding hydrogens is 491 g/mol. The van der Waals surface area contributed by atoms with Crippen LogP contribution in [0.5, 0.6) is 5.75 Å². The van der Waals surface area contributed by atoms with E-state index in [4.69, 9.17) is 4.74 Å². The van der Waals surface area contributed by atoms with Gasteiger partial charge in [0.15, 0.2) is 5.78 Å². The van der Waals surface area contributed by atoms with Gasteiger partial charge in [-0.3, -0.25) is 4.79 Å². The van der Waals surface area contributed by atoms with Gasteiger partial charge in [-0.15, -0.1) is 0 Å². The molecule has 0 fully saturated rings. The molecule has 0 unspecified atom stereocenters. The molecule has 0 aliphatic heterocycles. The first kappa shape index (κ1) is 28.3. The average molecular weight is 512 g/mol. The minimum atomic E-state index is -7.08. The van der Waals surface area contributed by atoms with Crippen molar-refractivity contribution in [3.05, 3.63) is 71.3 Å². The fraction of sp³-hybridized carbons (Fsp3) is 0.375. The van der Waals surface area contributed by atoms with Gasteiger partial charge >= 0.3 is 23.9 Å². The number of carbonyl (C=O) groups is 1. The smallest absolute Gasteiger partial charge is 0.460 e. The van der Waals surface area contributed by atoms with Crippen molar-refractivity contribution in [2.24, 2.45) is 0 Å². The van der Waals surface area contributed by atoms with Crippen LogP contribution in [0.25, 0.3) is 5.57 Å². The molecule has 11 heteroatoms. The fourth-order valence-corrected chi connectivity index (χ4v) is 2.99. The van der Waals surface area contributed by atoms with Crippen molar-refractivity contribution < 1.29 is 49.0 Å². The molecule has 0 spiro atoms. The highest BCUT2D eigenvalue weighted by atomic mass is 19.4. The van der Waals surface area contributed by atoms with E-state index in [1.54, 1.807) is 20.8 Å². The van der Waals surface area contributed by atoms with Gasteiger partial charge in [-0.05, 0) is 40.8 Å². The van der Waals surface area contributed by atoms with Crippen molar-refractivity contribution in [3.8, 4) is 5.75 Å². The van der Waals surface area contributed by atoms with E-state index in [-0.39, 0.29) is 16.9 Å². The molecule has 0 aliphatic carbocycles. The molecule has 0 bridgehead atoms. The van der Waals surface area contributed by atoms with Gasteiger partial charge in [0.05, 0.1) is 7.11 Å². The van der Waals surface area contributed by atoms with Gasteiger partial charge in [0, 0.05) is 17.2 Å². The summed E-state index contributed by atoms with van der Waals surface area (Å²) >= 11 is 0. The van der Waals surface area contributed by atoms with Crippen molar-refractivity contribution in [1.82, 2.24) is 0 Å².